The first-order valence-electron chi connectivity index (χ1n) is 10.3. The number of nitrogens with one attached hydrogen (secondary N) is 2. The lowest BCUT2D eigenvalue weighted by Gasteiger charge is -2.25. The summed E-state index contributed by atoms with van der Waals surface area (Å²) in [5, 5.41) is 3.05. The monoisotopic (exact) mass is 419 g/mol. The molecule has 3 aromatic carbocycles. The van der Waals surface area contributed by atoms with E-state index in [2.05, 4.69) is 5.32 Å². The molecule has 4 rings (SSSR count). The van der Waals surface area contributed by atoms with Crippen LogP contribution in [0.3, 0.4) is 0 Å². The molecule has 1 amide bonds. The fourth-order valence-corrected chi connectivity index (χ4v) is 3.84. The molecule has 31 heavy (non-hydrogen) atoms. The van der Waals surface area contributed by atoms with Crippen molar-refractivity contribution in [3.8, 4) is 17.2 Å². The number of ether oxygens (including phenoxy) is 3. The molecule has 0 aliphatic carbocycles. The zero-order chi connectivity index (χ0) is 21.6. The van der Waals surface area contributed by atoms with Crippen LogP contribution in [0.4, 0.5) is 5.69 Å². The third kappa shape index (κ3) is 4.98. The number of benzene rings is 3. The fourth-order valence-electron chi connectivity index (χ4n) is 3.84. The normalized spacial score (nSPS) is 14.4. The molecule has 0 saturated heterocycles. The lowest BCUT2D eigenvalue weighted by atomic mass is 10.0. The molecule has 0 spiro atoms. The predicted molar refractivity (Wildman–Crippen MR) is 119 cm³/mol. The minimum atomic E-state index is -0.388. The first-order valence-corrected chi connectivity index (χ1v) is 10.3. The molecule has 1 unspecified atom stereocenters. The van der Waals surface area contributed by atoms with Crippen molar-refractivity contribution in [2.24, 2.45) is 0 Å². The van der Waals surface area contributed by atoms with Crippen LogP contribution in [-0.2, 0) is 11.3 Å². The molecule has 0 saturated carbocycles. The molecule has 3 aromatic rings. The highest BCUT2D eigenvalue weighted by atomic mass is 16.6. The predicted octanol–water partition coefficient (Wildman–Crippen LogP) is 2.86. The summed E-state index contributed by atoms with van der Waals surface area (Å²) in [5.74, 6) is 2.15. The van der Waals surface area contributed by atoms with Crippen LogP contribution in [0.15, 0.2) is 72.8 Å². The number of anilines is 1. The Balaban J connectivity index is 1.56. The lowest BCUT2D eigenvalue weighted by Crippen LogP contribution is -3.09. The van der Waals surface area contributed by atoms with E-state index in [0.717, 1.165) is 27.5 Å². The first kappa shape index (κ1) is 20.8. The number of likely N-dealkylation sites (N-methyl/N-ethyl adjacent to an activating group) is 1. The van der Waals surface area contributed by atoms with Crippen molar-refractivity contribution in [1.82, 2.24) is 0 Å². The van der Waals surface area contributed by atoms with E-state index >= 15 is 0 Å². The van der Waals surface area contributed by atoms with Crippen LogP contribution in [0, 0.1) is 0 Å². The van der Waals surface area contributed by atoms with Crippen LogP contribution >= 0.6 is 0 Å². The SMILES string of the molecule is COc1cccc(NC(=O)[C@H](c2ccccc2)[NH+](C)Cc2ccc3c(c2)OCCO3)c1. The maximum absolute atomic E-state index is 13.4. The van der Waals surface area contributed by atoms with Crippen molar-refractivity contribution in [3.05, 3.63) is 83.9 Å². The molecule has 2 N–H and O–H groups in total. The molecule has 6 heteroatoms. The van der Waals surface area contributed by atoms with Crippen molar-refractivity contribution < 1.29 is 23.9 Å². The van der Waals surface area contributed by atoms with Gasteiger partial charge in [0, 0.05) is 22.9 Å². The number of quaternary nitrogens is 1. The Morgan fingerprint density at radius 2 is 1.77 bits per heavy atom. The first-order chi connectivity index (χ1) is 15.1. The maximum Gasteiger partial charge on any atom is 0.287 e. The number of fused-ring (bicyclic) bond motifs is 1. The smallest absolute Gasteiger partial charge is 0.287 e. The van der Waals surface area contributed by atoms with Crippen LogP contribution in [0.1, 0.15) is 17.2 Å². The Morgan fingerprint density at radius 1 is 1.00 bits per heavy atom. The van der Waals surface area contributed by atoms with Gasteiger partial charge < -0.3 is 24.4 Å². The Morgan fingerprint density at radius 3 is 2.55 bits per heavy atom. The van der Waals surface area contributed by atoms with Gasteiger partial charge in [-0.3, -0.25) is 4.79 Å². The van der Waals surface area contributed by atoms with E-state index in [0.29, 0.717) is 31.2 Å². The zero-order valence-corrected chi connectivity index (χ0v) is 17.8. The van der Waals surface area contributed by atoms with Gasteiger partial charge in [-0.2, -0.15) is 0 Å². The quantitative estimate of drug-likeness (QED) is 0.618. The number of methoxy groups -OCH3 is 1. The second-order valence-electron chi connectivity index (χ2n) is 7.57. The van der Waals surface area contributed by atoms with E-state index in [4.69, 9.17) is 14.2 Å². The topological polar surface area (TPSA) is 61.2 Å². The van der Waals surface area contributed by atoms with Gasteiger partial charge in [0.05, 0.1) is 14.2 Å². The molecule has 0 radical (unpaired) electrons. The summed E-state index contributed by atoms with van der Waals surface area (Å²) in [7, 11) is 3.64. The number of amides is 1. The minimum Gasteiger partial charge on any atom is -0.497 e. The summed E-state index contributed by atoms with van der Waals surface area (Å²) in [6.07, 6.45) is 0. The van der Waals surface area contributed by atoms with E-state index in [1.54, 1.807) is 7.11 Å². The van der Waals surface area contributed by atoms with Crippen LogP contribution in [-0.4, -0.2) is 33.3 Å². The summed E-state index contributed by atoms with van der Waals surface area (Å²) in [4.78, 5) is 14.4. The second-order valence-corrected chi connectivity index (χ2v) is 7.57. The molecule has 1 aliphatic heterocycles. The second kappa shape index (κ2) is 9.53. The highest BCUT2D eigenvalue weighted by Gasteiger charge is 2.29. The molecular formula is C25H27N2O4+. The van der Waals surface area contributed by atoms with E-state index in [-0.39, 0.29) is 11.9 Å². The summed E-state index contributed by atoms with van der Waals surface area (Å²) >= 11 is 0. The third-order valence-electron chi connectivity index (χ3n) is 5.31. The molecule has 2 atom stereocenters. The molecule has 1 heterocycles. The lowest BCUT2D eigenvalue weighted by molar-refractivity contribution is -0.915. The summed E-state index contributed by atoms with van der Waals surface area (Å²) in [6, 6.07) is 22.8. The summed E-state index contributed by atoms with van der Waals surface area (Å²) in [5.41, 5.74) is 2.74. The highest BCUT2D eigenvalue weighted by Crippen LogP contribution is 2.30. The van der Waals surface area contributed by atoms with Crippen LogP contribution in [0.25, 0.3) is 0 Å². The van der Waals surface area contributed by atoms with Crippen molar-refractivity contribution in [1.29, 1.82) is 0 Å². The Hall–Kier alpha value is -3.51. The fraction of sp³-hybridized carbons (Fsp3) is 0.240. The van der Waals surface area contributed by atoms with Gasteiger partial charge in [0.1, 0.15) is 25.5 Å². The Labute approximate surface area is 182 Å². The molecule has 160 valence electrons. The van der Waals surface area contributed by atoms with Gasteiger partial charge in [-0.15, -0.1) is 0 Å². The van der Waals surface area contributed by atoms with Crippen molar-refractivity contribution in [3.63, 3.8) is 0 Å². The number of carbonyl (C=O) groups is 1. The third-order valence-corrected chi connectivity index (χ3v) is 5.31. The molecule has 1 aliphatic rings. The summed E-state index contributed by atoms with van der Waals surface area (Å²) < 4.78 is 16.6. The maximum atomic E-state index is 13.4. The average Bonchev–Trinajstić information content (AvgIpc) is 2.80. The van der Waals surface area contributed by atoms with Gasteiger partial charge in [-0.25, -0.2) is 0 Å². The van der Waals surface area contributed by atoms with E-state index in [1.165, 1.54) is 0 Å². The Bertz CT molecular complexity index is 1040. The van der Waals surface area contributed by atoms with Crippen molar-refractivity contribution in [2.75, 3.05) is 32.7 Å². The minimum absolute atomic E-state index is 0.0745. The number of rotatable bonds is 7. The van der Waals surface area contributed by atoms with Crippen LogP contribution < -0.4 is 24.4 Å². The summed E-state index contributed by atoms with van der Waals surface area (Å²) in [6.45, 7) is 1.77. The van der Waals surface area contributed by atoms with Gasteiger partial charge in [0.15, 0.2) is 17.5 Å². The van der Waals surface area contributed by atoms with E-state index in [9.17, 15) is 4.79 Å². The van der Waals surface area contributed by atoms with Gasteiger partial charge in [-0.05, 0) is 30.3 Å². The largest absolute Gasteiger partial charge is 0.497 e. The van der Waals surface area contributed by atoms with Crippen LogP contribution in [0.2, 0.25) is 0 Å². The number of hydrogen-bond donors (Lipinski definition) is 2. The standard InChI is InChI=1S/C25H26N2O4/c1-27(17-18-11-12-22-23(15-18)31-14-13-30-22)24(19-7-4-3-5-8-19)25(28)26-20-9-6-10-21(16-20)29-2/h3-12,15-16,24H,13-14,17H2,1-2H3,(H,26,28)/p+1/t24-/m0/s1. The van der Waals surface area contributed by atoms with Crippen LogP contribution in [0.5, 0.6) is 17.2 Å². The van der Waals surface area contributed by atoms with Gasteiger partial charge in [-0.1, -0.05) is 36.4 Å². The molecule has 0 fully saturated rings. The van der Waals surface area contributed by atoms with Crippen molar-refractivity contribution >= 4 is 11.6 Å². The van der Waals surface area contributed by atoms with Gasteiger partial charge in [0.2, 0.25) is 0 Å². The molecule has 0 bridgehead atoms. The molecule has 0 aromatic heterocycles. The van der Waals surface area contributed by atoms with E-state index in [1.807, 2.05) is 79.8 Å². The molecule has 6 nitrogen and oxygen atoms in total. The van der Waals surface area contributed by atoms with Gasteiger partial charge >= 0.3 is 0 Å². The molecular weight excluding hydrogens is 392 g/mol. The Kier molecular flexibility index (Phi) is 6.38. The highest BCUT2D eigenvalue weighted by molar-refractivity contribution is 5.94. The number of hydrogen-bond acceptors (Lipinski definition) is 4. The average molecular weight is 420 g/mol. The van der Waals surface area contributed by atoms with Crippen molar-refractivity contribution in [2.45, 2.75) is 12.6 Å². The number of carbonyl (C=O) groups excluding carboxylic acids is 1. The van der Waals surface area contributed by atoms with Gasteiger partial charge in [0.25, 0.3) is 5.91 Å². The van der Waals surface area contributed by atoms with E-state index < -0.39 is 0 Å². The zero-order valence-electron chi connectivity index (χ0n) is 17.8.